The monoisotopic (exact) mass is 358 g/mol. The molecule has 2 aromatic heterocycles. The van der Waals surface area contributed by atoms with Crippen molar-refractivity contribution < 1.29 is 4.74 Å². The summed E-state index contributed by atoms with van der Waals surface area (Å²) in [5, 5.41) is 6.95. The summed E-state index contributed by atoms with van der Waals surface area (Å²) in [4.78, 5) is 8.22. The smallest absolute Gasteiger partial charge is 0.129 e. The van der Waals surface area contributed by atoms with Gasteiger partial charge in [-0.2, -0.15) is 5.10 Å². The quantitative estimate of drug-likeness (QED) is 0.496. The fraction of sp³-hybridized carbons (Fsp3) is 0.273. The number of hydrogen-bond acceptors (Lipinski definition) is 3. The molecule has 27 heavy (non-hydrogen) atoms. The van der Waals surface area contributed by atoms with Crippen molar-refractivity contribution in [3.63, 3.8) is 0 Å². The molecule has 1 fully saturated rings. The molecule has 0 spiro atoms. The number of benzene rings is 2. The average molecular weight is 358 g/mol. The van der Waals surface area contributed by atoms with Gasteiger partial charge in [-0.15, -0.1) is 0 Å². The van der Waals surface area contributed by atoms with Gasteiger partial charge in [0.05, 0.1) is 16.7 Å². The summed E-state index contributed by atoms with van der Waals surface area (Å²) in [6, 6.07) is 16.0. The van der Waals surface area contributed by atoms with E-state index in [0.29, 0.717) is 0 Å². The van der Waals surface area contributed by atoms with Gasteiger partial charge in [0.1, 0.15) is 17.3 Å². The summed E-state index contributed by atoms with van der Waals surface area (Å²) in [6.45, 7) is 0. The molecule has 1 aliphatic carbocycles. The normalized spacial score (nSPS) is 14.8. The molecule has 4 aromatic rings. The fourth-order valence-electron chi connectivity index (χ4n) is 3.94. The first kappa shape index (κ1) is 16.1. The number of H-pyrrole nitrogens is 2. The van der Waals surface area contributed by atoms with Crippen molar-refractivity contribution in [1.82, 2.24) is 20.2 Å². The summed E-state index contributed by atoms with van der Waals surface area (Å²) in [5.41, 5.74) is 4.12. The minimum absolute atomic E-state index is 0.787. The lowest BCUT2D eigenvalue weighted by Gasteiger charge is -2.06. The predicted octanol–water partition coefficient (Wildman–Crippen LogP) is 5.48. The fourth-order valence-corrected chi connectivity index (χ4v) is 3.94. The lowest BCUT2D eigenvalue weighted by atomic mass is 10.0. The van der Waals surface area contributed by atoms with E-state index < -0.39 is 0 Å². The van der Waals surface area contributed by atoms with Gasteiger partial charge in [0.15, 0.2) is 0 Å². The Balaban J connectivity index is 1.32. The van der Waals surface area contributed by atoms with E-state index in [2.05, 4.69) is 15.2 Å². The lowest BCUT2D eigenvalue weighted by Crippen LogP contribution is -2.00. The van der Waals surface area contributed by atoms with E-state index in [9.17, 15) is 0 Å². The largest absolute Gasteiger partial charge is 0.457 e. The molecular formula is C22H22N4O. The van der Waals surface area contributed by atoms with Gasteiger partial charge < -0.3 is 9.72 Å². The van der Waals surface area contributed by atoms with E-state index in [-0.39, 0.29) is 0 Å². The highest BCUT2D eigenvalue weighted by Crippen LogP contribution is 2.30. The van der Waals surface area contributed by atoms with Crippen LogP contribution in [0.15, 0.2) is 54.7 Å². The number of aromatic amines is 2. The summed E-state index contributed by atoms with van der Waals surface area (Å²) in [6.07, 6.45) is 8.20. The second-order valence-electron chi connectivity index (χ2n) is 7.31. The number of aromatic nitrogens is 4. The maximum absolute atomic E-state index is 6.03. The number of nitrogens with zero attached hydrogens (tertiary/aromatic N) is 2. The molecule has 0 unspecified atom stereocenters. The molecule has 5 heteroatoms. The standard InChI is InChI=1S/C22H22N4O/c1-2-4-15(3-1)13-22-24-20-10-9-18(14-21(20)25-22)27-17-7-5-16(6-8-17)19-11-12-23-26-19/h5-12,14-15H,1-4,13H2,(H,23,26)(H,24,25). The first-order valence-corrected chi connectivity index (χ1v) is 9.60. The number of rotatable bonds is 5. The molecular weight excluding hydrogens is 336 g/mol. The Bertz CT molecular complexity index is 1030. The van der Waals surface area contributed by atoms with Gasteiger partial charge in [0.25, 0.3) is 0 Å². The molecule has 2 aromatic carbocycles. The van der Waals surface area contributed by atoms with Crippen molar-refractivity contribution in [3.05, 3.63) is 60.6 Å². The SMILES string of the molecule is c1cc(-c2ccc(Oc3ccc4nc(CC5CCCC5)[nH]c4c3)cc2)[nH]n1. The zero-order chi connectivity index (χ0) is 18.1. The van der Waals surface area contributed by atoms with Crippen LogP contribution in [0.4, 0.5) is 0 Å². The van der Waals surface area contributed by atoms with Gasteiger partial charge >= 0.3 is 0 Å². The highest BCUT2D eigenvalue weighted by atomic mass is 16.5. The van der Waals surface area contributed by atoms with Gasteiger partial charge in [0, 0.05) is 18.7 Å². The van der Waals surface area contributed by atoms with Crippen molar-refractivity contribution >= 4 is 11.0 Å². The number of ether oxygens (including phenoxy) is 1. The molecule has 2 N–H and O–H groups in total. The van der Waals surface area contributed by atoms with Crippen molar-refractivity contribution in [3.8, 4) is 22.8 Å². The Hall–Kier alpha value is -3.08. The lowest BCUT2D eigenvalue weighted by molar-refractivity contribution is 0.483. The van der Waals surface area contributed by atoms with Crippen LogP contribution < -0.4 is 4.74 Å². The van der Waals surface area contributed by atoms with E-state index in [1.165, 1.54) is 25.7 Å². The van der Waals surface area contributed by atoms with E-state index in [4.69, 9.17) is 9.72 Å². The van der Waals surface area contributed by atoms with Crippen LogP contribution in [0.3, 0.4) is 0 Å². The van der Waals surface area contributed by atoms with E-state index >= 15 is 0 Å². The van der Waals surface area contributed by atoms with Gasteiger partial charge in [-0.3, -0.25) is 5.10 Å². The molecule has 5 nitrogen and oxygen atoms in total. The second kappa shape index (κ2) is 6.91. The minimum Gasteiger partial charge on any atom is -0.457 e. The Morgan fingerprint density at radius 2 is 1.78 bits per heavy atom. The van der Waals surface area contributed by atoms with Gasteiger partial charge in [-0.05, 0) is 53.9 Å². The van der Waals surface area contributed by atoms with Crippen LogP contribution in [0.5, 0.6) is 11.5 Å². The molecule has 5 rings (SSSR count). The Morgan fingerprint density at radius 1 is 0.963 bits per heavy atom. The molecule has 0 aliphatic heterocycles. The highest BCUT2D eigenvalue weighted by Gasteiger charge is 2.17. The third kappa shape index (κ3) is 3.45. The van der Waals surface area contributed by atoms with Crippen LogP contribution >= 0.6 is 0 Å². The molecule has 2 heterocycles. The first-order valence-electron chi connectivity index (χ1n) is 9.60. The Kier molecular flexibility index (Phi) is 4.13. The van der Waals surface area contributed by atoms with Gasteiger partial charge in [-0.1, -0.05) is 25.7 Å². The number of nitrogens with one attached hydrogen (secondary N) is 2. The minimum atomic E-state index is 0.787. The highest BCUT2D eigenvalue weighted by molar-refractivity contribution is 5.77. The third-order valence-electron chi connectivity index (χ3n) is 5.36. The second-order valence-corrected chi connectivity index (χ2v) is 7.31. The van der Waals surface area contributed by atoms with Gasteiger partial charge in [0.2, 0.25) is 0 Å². The Morgan fingerprint density at radius 3 is 2.56 bits per heavy atom. The average Bonchev–Trinajstić information content (AvgIpc) is 3.44. The van der Waals surface area contributed by atoms with Gasteiger partial charge in [-0.25, -0.2) is 4.98 Å². The zero-order valence-corrected chi connectivity index (χ0v) is 15.1. The molecule has 0 amide bonds. The summed E-state index contributed by atoms with van der Waals surface area (Å²) in [7, 11) is 0. The predicted molar refractivity (Wildman–Crippen MR) is 106 cm³/mol. The number of imidazole rings is 1. The molecule has 0 bridgehead atoms. The molecule has 0 radical (unpaired) electrons. The Labute approximate surface area is 157 Å². The summed E-state index contributed by atoms with van der Waals surface area (Å²) in [5.74, 6) is 3.50. The maximum atomic E-state index is 6.03. The summed E-state index contributed by atoms with van der Waals surface area (Å²) < 4.78 is 6.03. The van der Waals surface area contributed by atoms with Crippen LogP contribution in [0.25, 0.3) is 22.3 Å². The van der Waals surface area contributed by atoms with Crippen molar-refractivity contribution in [2.45, 2.75) is 32.1 Å². The maximum Gasteiger partial charge on any atom is 0.129 e. The molecule has 0 atom stereocenters. The first-order chi connectivity index (χ1) is 13.3. The number of fused-ring (bicyclic) bond motifs is 1. The molecule has 0 saturated heterocycles. The molecule has 136 valence electrons. The topological polar surface area (TPSA) is 66.6 Å². The molecule has 1 saturated carbocycles. The van der Waals surface area contributed by atoms with E-state index in [1.54, 1.807) is 6.20 Å². The van der Waals surface area contributed by atoms with E-state index in [1.807, 2.05) is 48.5 Å². The molecule has 1 aliphatic rings. The third-order valence-corrected chi connectivity index (χ3v) is 5.36. The van der Waals surface area contributed by atoms with Crippen LogP contribution in [0.1, 0.15) is 31.5 Å². The summed E-state index contributed by atoms with van der Waals surface area (Å²) >= 11 is 0. The van der Waals surface area contributed by atoms with Crippen LogP contribution in [-0.4, -0.2) is 20.2 Å². The van der Waals surface area contributed by atoms with Crippen LogP contribution in [0.2, 0.25) is 0 Å². The van der Waals surface area contributed by atoms with E-state index in [0.717, 1.165) is 52.0 Å². The zero-order valence-electron chi connectivity index (χ0n) is 15.1. The van der Waals surface area contributed by atoms with Crippen molar-refractivity contribution in [2.75, 3.05) is 0 Å². The van der Waals surface area contributed by atoms with Crippen LogP contribution in [0, 0.1) is 5.92 Å². The van der Waals surface area contributed by atoms with Crippen molar-refractivity contribution in [2.24, 2.45) is 5.92 Å². The van der Waals surface area contributed by atoms with Crippen LogP contribution in [-0.2, 0) is 6.42 Å². The number of hydrogen-bond donors (Lipinski definition) is 2. The van der Waals surface area contributed by atoms with Crippen molar-refractivity contribution in [1.29, 1.82) is 0 Å².